The van der Waals surface area contributed by atoms with Crippen LogP contribution >= 0.6 is 0 Å². The van der Waals surface area contributed by atoms with Crippen molar-refractivity contribution in [1.29, 1.82) is 0 Å². The number of carbonyl (C=O) groups is 2. The molecule has 5 N–H and O–H groups in total. The van der Waals surface area contributed by atoms with Crippen molar-refractivity contribution < 1.29 is 34.6 Å². The molecule has 1 aliphatic heterocycles. The van der Waals surface area contributed by atoms with Gasteiger partial charge >= 0.3 is 5.91 Å². The number of carbonyl (C=O) groups excluding carboxylic acids is 2. The Morgan fingerprint density at radius 2 is 2.04 bits per heavy atom. The fraction of sp³-hybridized carbons (Fsp3) is 0.556. The van der Waals surface area contributed by atoms with Gasteiger partial charge in [-0.15, -0.1) is 0 Å². The molecule has 3 atom stereocenters. The summed E-state index contributed by atoms with van der Waals surface area (Å²) in [5, 5.41) is 12.2. The van der Waals surface area contributed by atoms with Gasteiger partial charge in [0.25, 0.3) is 0 Å². The van der Waals surface area contributed by atoms with E-state index in [0.29, 0.717) is 6.61 Å². The van der Waals surface area contributed by atoms with E-state index in [1.807, 2.05) is 26.0 Å². The number of amides is 2. The van der Waals surface area contributed by atoms with E-state index >= 15 is 0 Å². The highest BCUT2D eigenvalue weighted by molar-refractivity contribution is 5.81. The van der Waals surface area contributed by atoms with Crippen LogP contribution in [0.25, 0.3) is 0 Å². The smallest absolute Gasteiger partial charge is 0.337 e. The van der Waals surface area contributed by atoms with E-state index in [9.17, 15) is 14.7 Å². The van der Waals surface area contributed by atoms with Crippen LogP contribution in [0.3, 0.4) is 0 Å². The van der Waals surface area contributed by atoms with E-state index in [0.717, 1.165) is 11.3 Å². The Morgan fingerprint density at radius 3 is 2.62 bits per heavy atom. The van der Waals surface area contributed by atoms with Gasteiger partial charge in [-0.2, -0.15) is 0 Å². The third-order valence-electron chi connectivity index (χ3n) is 4.29. The van der Waals surface area contributed by atoms with Gasteiger partial charge in [0.1, 0.15) is 11.9 Å². The number of aliphatic hydroxyl groups is 1. The second kappa shape index (κ2) is 8.59. The lowest BCUT2D eigenvalue weighted by Crippen LogP contribution is -2.62. The molecule has 0 radical (unpaired) electrons. The van der Waals surface area contributed by atoms with E-state index in [1.165, 1.54) is 0 Å². The first kappa shape index (κ1) is 20.3. The van der Waals surface area contributed by atoms with Gasteiger partial charge in [0.05, 0.1) is 13.7 Å². The number of aliphatic hydroxyl groups excluding tert-OH is 1. The normalized spacial score (nSPS) is 23.1. The number of hydrogen-bond donors (Lipinski definition) is 3. The fourth-order valence-corrected chi connectivity index (χ4v) is 2.65. The summed E-state index contributed by atoms with van der Waals surface area (Å²) in [4.78, 5) is 23.5. The quantitative estimate of drug-likeness (QED) is 0.612. The molecular formula is C18H27N2O6+. The monoisotopic (exact) mass is 367 g/mol. The molecule has 0 spiro atoms. The summed E-state index contributed by atoms with van der Waals surface area (Å²) < 4.78 is 16.8. The van der Waals surface area contributed by atoms with Crippen molar-refractivity contribution in [3.05, 3.63) is 29.8 Å². The van der Waals surface area contributed by atoms with Gasteiger partial charge in [0, 0.05) is 23.9 Å². The van der Waals surface area contributed by atoms with Gasteiger partial charge in [0.15, 0.2) is 12.4 Å². The maximum absolute atomic E-state index is 12.5. The number of benzene rings is 1. The summed E-state index contributed by atoms with van der Waals surface area (Å²) in [6.45, 7) is 4.28. The molecule has 0 aliphatic carbocycles. The van der Waals surface area contributed by atoms with Crippen molar-refractivity contribution in [1.82, 2.24) is 5.32 Å². The number of methoxy groups -OCH3 is 1. The lowest BCUT2D eigenvalue weighted by Gasteiger charge is -2.41. The summed E-state index contributed by atoms with van der Waals surface area (Å²) in [5.41, 5.74) is 3.42. The highest BCUT2D eigenvalue weighted by Crippen LogP contribution is 2.36. The van der Waals surface area contributed by atoms with E-state index < -0.39 is 29.8 Å². The van der Waals surface area contributed by atoms with Crippen molar-refractivity contribution in [2.75, 3.05) is 20.3 Å². The molecule has 1 aliphatic rings. The molecule has 26 heavy (non-hydrogen) atoms. The summed E-state index contributed by atoms with van der Waals surface area (Å²) in [7, 11) is 1.59. The Balaban J connectivity index is 2.00. The van der Waals surface area contributed by atoms with E-state index in [2.05, 4.69) is 11.1 Å². The number of rotatable bonds is 7. The van der Waals surface area contributed by atoms with Crippen molar-refractivity contribution >= 4 is 11.8 Å². The molecule has 2 unspecified atom stereocenters. The minimum Gasteiger partial charge on any atom is -0.497 e. The molecule has 0 bridgehead atoms. The van der Waals surface area contributed by atoms with Crippen LogP contribution in [0.1, 0.15) is 32.1 Å². The first-order valence-corrected chi connectivity index (χ1v) is 8.47. The third kappa shape index (κ3) is 5.01. The molecular weight excluding hydrogens is 340 g/mol. The number of ether oxygens (including phenoxy) is 3. The van der Waals surface area contributed by atoms with Crippen LogP contribution in [0, 0.1) is 5.41 Å². The SMILES string of the molecule is COc1ccc(C2OCC(C)(C)[C@H](C(=O)NCCC(O)C([NH3+])=O)O2)cc1. The third-order valence-corrected chi connectivity index (χ3v) is 4.29. The van der Waals surface area contributed by atoms with Crippen LogP contribution in [0.2, 0.25) is 0 Å². The van der Waals surface area contributed by atoms with Crippen LogP contribution in [-0.4, -0.2) is 49.4 Å². The average Bonchev–Trinajstić information content (AvgIpc) is 2.61. The van der Waals surface area contributed by atoms with Crippen molar-refractivity contribution in [3.63, 3.8) is 0 Å². The van der Waals surface area contributed by atoms with E-state index in [1.54, 1.807) is 19.2 Å². The molecule has 2 amide bonds. The molecule has 8 heteroatoms. The van der Waals surface area contributed by atoms with Gasteiger partial charge < -0.3 is 24.6 Å². The predicted octanol–water partition coefficient (Wildman–Crippen LogP) is -0.229. The molecule has 0 saturated carbocycles. The van der Waals surface area contributed by atoms with Crippen LogP contribution in [-0.2, 0) is 19.1 Å². The second-order valence-electron chi connectivity index (χ2n) is 6.98. The van der Waals surface area contributed by atoms with Gasteiger partial charge in [-0.3, -0.25) is 10.5 Å². The van der Waals surface area contributed by atoms with Crippen molar-refractivity contribution in [2.24, 2.45) is 5.41 Å². The Morgan fingerprint density at radius 1 is 1.38 bits per heavy atom. The average molecular weight is 367 g/mol. The summed E-state index contributed by atoms with van der Waals surface area (Å²) >= 11 is 0. The highest BCUT2D eigenvalue weighted by Gasteiger charge is 2.43. The van der Waals surface area contributed by atoms with Crippen LogP contribution in [0.15, 0.2) is 24.3 Å². The zero-order valence-corrected chi connectivity index (χ0v) is 15.4. The number of quaternary nitrogens is 1. The fourth-order valence-electron chi connectivity index (χ4n) is 2.65. The molecule has 2 rings (SSSR count). The lowest BCUT2D eigenvalue weighted by molar-refractivity contribution is -0.315. The topological polar surface area (TPSA) is 122 Å². The zero-order chi connectivity index (χ0) is 19.3. The summed E-state index contributed by atoms with van der Waals surface area (Å²) in [6.07, 6.45) is -2.45. The Bertz CT molecular complexity index is 631. The minimum absolute atomic E-state index is 0.111. The molecule has 1 fully saturated rings. The molecule has 144 valence electrons. The molecule has 1 heterocycles. The van der Waals surface area contributed by atoms with Gasteiger partial charge in [-0.25, -0.2) is 4.79 Å². The highest BCUT2D eigenvalue weighted by atomic mass is 16.7. The number of hydrogen-bond acceptors (Lipinski definition) is 6. The Kier molecular flexibility index (Phi) is 6.71. The van der Waals surface area contributed by atoms with Gasteiger partial charge in [-0.1, -0.05) is 26.0 Å². The van der Waals surface area contributed by atoms with Gasteiger partial charge in [0.2, 0.25) is 5.91 Å². The molecule has 8 nitrogen and oxygen atoms in total. The summed E-state index contributed by atoms with van der Waals surface area (Å²) in [5.74, 6) is -0.153. The van der Waals surface area contributed by atoms with Crippen LogP contribution in [0.5, 0.6) is 5.75 Å². The largest absolute Gasteiger partial charge is 0.497 e. The predicted molar refractivity (Wildman–Crippen MR) is 91.9 cm³/mol. The standard InChI is InChI=1S/C18H26N2O6/c1-18(2)10-25-17(11-4-6-12(24-3)7-5-11)26-14(18)16(23)20-9-8-13(21)15(19)22/h4-7,13-14,17,21H,8-10H2,1-3H3,(H2,19,22)(H,20,23)/p+1/t13?,14-,17?/m0/s1. The number of nitrogens with one attached hydrogen (secondary N) is 1. The Labute approximate surface area is 152 Å². The van der Waals surface area contributed by atoms with Gasteiger partial charge in [-0.05, 0) is 12.1 Å². The Hall–Kier alpha value is -2.00. The first-order valence-electron chi connectivity index (χ1n) is 8.47. The molecule has 0 aromatic heterocycles. The summed E-state index contributed by atoms with van der Waals surface area (Å²) in [6, 6.07) is 7.25. The van der Waals surface area contributed by atoms with E-state index in [-0.39, 0.29) is 18.9 Å². The van der Waals surface area contributed by atoms with Crippen molar-refractivity contribution in [3.8, 4) is 5.75 Å². The maximum atomic E-state index is 12.5. The lowest BCUT2D eigenvalue weighted by atomic mass is 9.85. The van der Waals surface area contributed by atoms with Crippen LogP contribution < -0.4 is 15.8 Å². The maximum Gasteiger partial charge on any atom is 0.337 e. The zero-order valence-electron chi connectivity index (χ0n) is 15.4. The first-order chi connectivity index (χ1) is 12.2. The molecule has 1 aromatic carbocycles. The minimum atomic E-state index is -1.18. The molecule has 1 aromatic rings. The van der Waals surface area contributed by atoms with Crippen LogP contribution in [0.4, 0.5) is 0 Å². The molecule has 1 saturated heterocycles. The second-order valence-corrected chi connectivity index (χ2v) is 6.98. The van der Waals surface area contributed by atoms with Crippen molar-refractivity contribution in [2.45, 2.75) is 38.8 Å². The van der Waals surface area contributed by atoms with E-state index in [4.69, 9.17) is 14.2 Å².